The van der Waals surface area contributed by atoms with Crippen LogP contribution in [0.1, 0.15) is 5.56 Å². The van der Waals surface area contributed by atoms with Crippen LogP contribution >= 0.6 is 0 Å². The summed E-state index contributed by atoms with van der Waals surface area (Å²) in [6.45, 7) is 0. The minimum Gasteiger partial charge on any atom is -0.494 e. The summed E-state index contributed by atoms with van der Waals surface area (Å²) in [5.74, 6) is -1.71. The molecule has 0 bridgehead atoms. The van der Waals surface area contributed by atoms with Crippen LogP contribution in [0.3, 0.4) is 0 Å². The number of Topliss-reactive ketones (excluding diaryl/α,β-unsaturated/α-hetero) is 1. The zero-order chi connectivity index (χ0) is 13.1. The molecule has 0 unspecified atom stereocenters. The predicted molar refractivity (Wildman–Crippen MR) is 61.4 cm³/mol. The van der Waals surface area contributed by atoms with E-state index in [0.717, 1.165) is 6.26 Å². The number of benzene rings is 1. The summed E-state index contributed by atoms with van der Waals surface area (Å²) in [6, 6.07) is 4.41. The Morgan fingerprint density at radius 1 is 1.41 bits per heavy atom. The van der Waals surface area contributed by atoms with Crippen LogP contribution < -0.4 is 4.74 Å². The molecule has 0 fully saturated rings. The van der Waals surface area contributed by atoms with Crippen LogP contribution in [0.25, 0.3) is 0 Å². The van der Waals surface area contributed by atoms with Crippen molar-refractivity contribution in [1.29, 1.82) is 0 Å². The molecule has 1 aromatic carbocycles. The highest BCUT2D eigenvalue weighted by Crippen LogP contribution is 2.20. The molecule has 0 aliphatic heterocycles. The summed E-state index contributed by atoms with van der Waals surface area (Å²) in [4.78, 5) is 11.4. The van der Waals surface area contributed by atoms with Crippen molar-refractivity contribution in [1.82, 2.24) is 0 Å². The summed E-state index contributed by atoms with van der Waals surface area (Å²) in [5.41, 5.74) is 0.137. The van der Waals surface area contributed by atoms with E-state index in [1.807, 2.05) is 0 Å². The van der Waals surface area contributed by atoms with Crippen LogP contribution in [-0.4, -0.2) is 33.3 Å². The third-order valence-corrected chi connectivity index (χ3v) is 2.92. The molecular formula is C11H13FO4S. The van der Waals surface area contributed by atoms with Gasteiger partial charge in [0, 0.05) is 12.7 Å². The van der Waals surface area contributed by atoms with E-state index >= 15 is 0 Å². The smallest absolute Gasteiger partial charge is 0.168 e. The fourth-order valence-corrected chi connectivity index (χ4v) is 2.09. The van der Waals surface area contributed by atoms with E-state index in [0.29, 0.717) is 0 Å². The van der Waals surface area contributed by atoms with E-state index in [2.05, 4.69) is 0 Å². The van der Waals surface area contributed by atoms with Crippen LogP contribution in [0.5, 0.6) is 5.75 Å². The van der Waals surface area contributed by atoms with Gasteiger partial charge in [-0.05, 0) is 11.6 Å². The van der Waals surface area contributed by atoms with E-state index < -0.39 is 27.2 Å². The normalized spacial score (nSPS) is 11.2. The molecule has 0 atom stereocenters. The van der Waals surface area contributed by atoms with Crippen LogP contribution in [0.15, 0.2) is 18.2 Å². The average Bonchev–Trinajstić information content (AvgIpc) is 2.18. The Kier molecular flexibility index (Phi) is 4.22. The molecule has 0 aromatic heterocycles. The molecule has 0 amide bonds. The van der Waals surface area contributed by atoms with Crippen molar-refractivity contribution in [2.45, 2.75) is 6.42 Å². The zero-order valence-corrected chi connectivity index (χ0v) is 10.4. The van der Waals surface area contributed by atoms with Crippen molar-refractivity contribution >= 4 is 15.6 Å². The summed E-state index contributed by atoms with van der Waals surface area (Å²) in [5, 5.41) is 0. The summed E-state index contributed by atoms with van der Waals surface area (Å²) >= 11 is 0. The number of halogens is 1. The second-order valence-corrected chi connectivity index (χ2v) is 5.86. The van der Waals surface area contributed by atoms with Crippen molar-refractivity contribution in [3.05, 3.63) is 29.6 Å². The van der Waals surface area contributed by atoms with Crippen molar-refractivity contribution in [2.24, 2.45) is 0 Å². The number of rotatable bonds is 5. The Bertz CT molecular complexity index is 522. The first kappa shape index (κ1) is 13.6. The largest absolute Gasteiger partial charge is 0.494 e. The van der Waals surface area contributed by atoms with Gasteiger partial charge in [0.1, 0.15) is 5.75 Å². The molecule has 0 N–H and O–H groups in total. The minimum atomic E-state index is -3.38. The molecule has 94 valence electrons. The highest BCUT2D eigenvalue weighted by Gasteiger charge is 2.15. The van der Waals surface area contributed by atoms with E-state index in [4.69, 9.17) is 4.74 Å². The summed E-state index contributed by atoms with van der Waals surface area (Å²) in [6.07, 6.45) is 0.711. The maximum absolute atomic E-state index is 13.6. The summed E-state index contributed by atoms with van der Waals surface area (Å²) < 4.78 is 40.2. The Balaban J connectivity index is 2.86. The highest BCUT2D eigenvalue weighted by atomic mass is 32.2. The lowest BCUT2D eigenvalue weighted by molar-refractivity contribution is -0.116. The van der Waals surface area contributed by atoms with Gasteiger partial charge in [0.2, 0.25) is 0 Å². The maximum atomic E-state index is 13.6. The minimum absolute atomic E-state index is 0.0367. The first-order valence-electron chi connectivity index (χ1n) is 4.84. The second kappa shape index (κ2) is 5.27. The van der Waals surface area contributed by atoms with Crippen molar-refractivity contribution < 1.29 is 22.3 Å². The third kappa shape index (κ3) is 4.14. The van der Waals surface area contributed by atoms with Gasteiger partial charge in [-0.3, -0.25) is 4.79 Å². The van der Waals surface area contributed by atoms with E-state index in [1.165, 1.54) is 19.2 Å². The number of carbonyl (C=O) groups excluding carboxylic acids is 1. The van der Waals surface area contributed by atoms with E-state index in [-0.39, 0.29) is 17.7 Å². The van der Waals surface area contributed by atoms with Gasteiger partial charge in [0.05, 0.1) is 7.11 Å². The molecule has 0 aliphatic carbocycles. The summed E-state index contributed by atoms with van der Waals surface area (Å²) in [7, 11) is -2.06. The Morgan fingerprint density at radius 2 is 2.06 bits per heavy atom. The number of hydrogen-bond donors (Lipinski definition) is 0. The van der Waals surface area contributed by atoms with Crippen molar-refractivity contribution in [2.75, 3.05) is 19.1 Å². The SMILES string of the molecule is COc1cccc(CC(=O)CS(C)(=O)=O)c1F. The lowest BCUT2D eigenvalue weighted by atomic mass is 10.1. The van der Waals surface area contributed by atoms with Crippen LogP contribution in [0.4, 0.5) is 4.39 Å². The molecule has 1 aromatic rings. The predicted octanol–water partition coefficient (Wildman–Crippen LogP) is 0.990. The molecule has 0 radical (unpaired) electrons. The average molecular weight is 260 g/mol. The first-order valence-corrected chi connectivity index (χ1v) is 6.90. The van der Waals surface area contributed by atoms with E-state index in [1.54, 1.807) is 6.07 Å². The van der Waals surface area contributed by atoms with Crippen molar-refractivity contribution in [3.8, 4) is 5.75 Å². The van der Waals surface area contributed by atoms with Crippen LogP contribution in [-0.2, 0) is 21.1 Å². The fourth-order valence-electron chi connectivity index (χ4n) is 1.41. The third-order valence-electron chi connectivity index (χ3n) is 2.07. The van der Waals surface area contributed by atoms with Crippen LogP contribution in [0, 0.1) is 5.82 Å². The molecule has 17 heavy (non-hydrogen) atoms. The maximum Gasteiger partial charge on any atom is 0.168 e. The molecule has 0 aliphatic rings. The Morgan fingerprint density at radius 3 is 2.59 bits per heavy atom. The quantitative estimate of drug-likeness (QED) is 0.792. The van der Waals surface area contributed by atoms with Gasteiger partial charge < -0.3 is 4.74 Å². The topological polar surface area (TPSA) is 60.4 Å². The van der Waals surface area contributed by atoms with Gasteiger partial charge >= 0.3 is 0 Å². The number of hydrogen-bond acceptors (Lipinski definition) is 4. The molecule has 0 spiro atoms. The number of sulfone groups is 1. The van der Waals surface area contributed by atoms with Gasteiger partial charge in [-0.25, -0.2) is 12.8 Å². The fraction of sp³-hybridized carbons (Fsp3) is 0.364. The van der Waals surface area contributed by atoms with Gasteiger partial charge in [-0.1, -0.05) is 12.1 Å². The van der Waals surface area contributed by atoms with Gasteiger partial charge in [-0.2, -0.15) is 0 Å². The van der Waals surface area contributed by atoms with Gasteiger partial charge in [0.15, 0.2) is 27.2 Å². The van der Waals surface area contributed by atoms with E-state index in [9.17, 15) is 17.6 Å². The second-order valence-electron chi connectivity index (χ2n) is 3.72. The number of ketones is 1. The molecule has 6 heteroatoms. The lowest BCUT2D eigenvalue weighted by Crippen LogP contribution is -2.17. The molecule has 1 rings (SSSR count). The molecule has 0 saturated carbocycles. The number of methoxy groups -OCH3 is 1. The first-order chi connectivity index (χ1) is 7.83. The van der Waals surface area contributed by atoms with Crippen LogP contribution in [0.2, 0.25) is 0 Å². The molecule has 0 saturated heterocycles. The molecular weight excluding hydrogens is 247 g/mol. The molecule has 4 nitrogen and oxygen atoms in total. The standard InChI is InChI=1S/C11H13FO4S/c1-16-10-5-3-4-8(11(10)12)6-9(13)7-17(2,14)15/h3-5H,6-7H2,1-2H3. The zero-order valence-electron chi connectivity index (χ0n) is 9.57. The molecule has 0 heterocycles. The van der Waals surface area contributed by atoms with Crippen molar-refractivity contribution in [3.63, 3.8) is 0 Å². The Labute approximate surface area is 99.3 Å². The number of ether oxygens (including phenoxy) is 1. The monoisotopic (exact) mass is 260 g/mol. The Hall–Kier alpha value is -1.43. The van der Waals surface area contributed by atoms with Gasteiger partial charge in [-0.15, -0.1) is 0 Å². The van der Waals surface area contributed by atoms with Gasteiger partial charge in [0.25, 0.3) is 0 Å². The highest BCUT2D eigenvalue weighted by molar-refractivity contribution is 7.91. The number of carbonyl (C=O) groups is 1. The lowest BCUT2D eigenvalue weighted by Gasteiger charge is -2.06.